The number of anilines is 3. The number of hydrogen-bond acceptors (Lipinski definition) is 9. The number of nitrogens with two attached hydrogens (primary N) is 1. The van der Waals surface area contributed by atoms with Crippen molar-refractivity contribution in [3.8, 4) is 11.5 Å². The average Bonchev–Trinajstić information content (AvgIpc) is 3.57. The number of carbonyl (C=O) groups excluding carboxylic acids is 1. The topological polar surface area (TPSA) is 164 Å². The van der Waals surface area contributed by atoms with Crippen LogP contribution in [0.1, 0.15) is 63.7 Å². The molecule has 1 aromatic heterocycles. The highest BCUT2D eigenvalue weighted by atomic mass is 32.2. The number of sulfone groups is 1. The van der Waals surface area contributed by atoms with Crippen LogP contribution in [0.15, 0.2) is 71.8 Å². The molecule has 1 aliphatic rings. The van der Waals surface area contributed by atoms with Gasteiger partial charge in [0, 0.05) is 36.6 Å². The lowest BCUT2D eigenvalue weighted by Gasteiger charge is -2.32. The molecule has 2 amide bonds. The van der Waals surface area contributed by atoms with Crippen molar-refractivity contribution >= 4 is 49.8 Å². The summed E-state index contributed by atoms with van der Waals surface area (Å²) in [7, 11) is -2.32. The molecule has 2 heterocycles. The minimum absolute atomic E-state index is 0.0845. The number of amides is 2. The van der Waals surface area contributed by atoms with Gasteiger partial charge in [-0.25, -0.2) is 18.2 Å². The van der Waals surface area contributed by atoms with E-state index in [0.717, 1.165) is 15.7 Å². The molecule has 1 saturated heterocycles. The van der Waals surface area contributed by atoms with Gasteiger partial charge in [-0.15, -0.1) is 0 Å². The second kappa shape index (κ2) is 14.6. The first kappa shape index (κ1) is 35.3. The van der Waals surface area contributed by atoms with Crippen LogP contribution in [0.5, 0.6) is 11.5 Å². The molecule has 0 unspecified atom stereocenters. The van der Waals surface area contributed by atoms with Crippen LogP contribution in [0.4, 0.5) is 22.0 Å². The van der Waals surface area contributed by atoms with E-state index in [9.17, 15) is 23.1 Å². The van der Waals surface area contributed by atoms with Gasteiger partial charge in [0.25, 0.3) is 0 Å². The third kappa shape index (κ3) is 7.51. The molecule has 4 N–H and O–H groups in total. The van der Waals surface area contributed by atoms with Crippen LogP contribution in [-0.4, -0.2) is 67.5 Å². The molecule has 4 aromatic rings. The summed E-state index contributed by atoms with van der Waals surface area (Å²) in [5.74, 6) is 1.00. The Morgan fingerprint density at radius 3 is 2.55 bits per heavy atom. The standard InChI is InChI=1S/C36H43N5O7S/c1-6-47-31-20-24(10-14-30(31)48-22(3)4)33(39-25-11-13-27-23(19-25)16-17-38-34(27)37)35(42)41-18-8-9-29(41)28-21-26(40(5)36(43)44)12-15-32(28)49(45,46)7-2/h10-17,19-22,29,33,39H,6-9,18H2,1-5H3,(H2,37,38)(H,43,44)/t29-,33-/m1/s1. The first-order valence-corrected chi connectivity index (χ1v) is 18.0. The summed E-state index contributed by atoms with van der Waals surface area (Å²) in [6.45, 7) is 8.03. The summed E-state index contributed by atoms with van der Waals surface area (Å²) >= 11 is 0. The average molecular weight is 690 g/mol. The lowest BCUT2D eigenvalue weighted by molar-refractivity contribution is -0.133. The Morgan fingerprint density at radius 2 is 1.86 bits per heavy atom. The predicted molar refractivity (Wildman–Crippen MR) is 190 cm³/mol. The van der Waals surface area contributed by atoms with E-state index >= 15 is 0 Å². The van der Waals surface area contributed by atoms with E-state index in [1.807, 2.05) is 51.1 Å². The molecule has 1 fully saturated rings. The number of nitrogens with one attached hydrogen (secondary N) is 1. The second-order valence-corrected chi connectivity index (χ2v) is 14.4. The zero-order chi connectivity index (χ0) is 35.5. The summed E-state index contributed by atoms with van der Waals surface area (Å²) < 4.78 is 38.6. The molecule has 0 radical (unpaired) electrons. The van der Waals surface area contributed by atoms with Crippen molar-refractivity contribution in [1.29, 1.82) is 0 Å². The molecule has 5 rings (SSSR count). The lowest BCUT2D eigenvalue weighted by atomic mass is 10.00. The molecule has 49 heavy (non-hydrogen) atoms. The highest BCUT2D eigenvalue weighted by Crippen LogP contribution is 2.41. The third-order valence-electron chi connectivity index (χ3n) is 8.59. The van der Waals surface area contributed by atoms with Crippen LogP contribution in [0.25, 0.3) is 10.8 Å². The van der Waals surface area contributed by atoms with E-state index in [1.165, 1.54) is 19.2 Å². The summed E-state index contributed by atoms with van der Waals surface area (Å²) in [5, 5.41) is 14.7. The molecule has 0 aliphatic carbocycles. The van der Waals surface area contributed by atoms with E-state index in [-0.39, 0.29) is 22.7 Å². The van der Waals surface area contributed by atoms with E-state index < -0.39 is 28.0 Å². The number of carboxylic acid groups (broad SMARTS) is 1. The van der Waals surface area contributed by atoms with Crippen molar-refractivity contribution in [2.45, 2.75) is 63.6 Å². The highest BCUT2D eigenvalue weighted by molar-refractivity contribution is 7.91. The number of benzene rings is 3. The highest BCUT2D eigenvalue weighted by Gasteiger charge is 2.38. The van der Waals surface area contributed by atoms with Crippen LogP contribution in [0, 0.1) is 0 Å². The number of nitrogen functional groups attached to an aromatic ring is 1. The van der Waals surface area contributed by atoms with E-state index in [4.69, 9.17) is 15.2 Å². The number of pyridine rings is 1. The number of aromatic nitrogens is 1. The Morgan fingerprint density at radius 1 is 1.08 bits per heavy atom. The van der Waals surface area contributed by atoms with Gasteiger partial charge in [0.1, 0.15) is 11.9 Å². The Kier molecular flexibility index (Phi) is 10.5. The molecule has 0 saturated carbocycles. The van der Waals surface area contributed by atoms with Crippen molar-refractivity contribution in [1.82, 2.24) is 9.88 Å². The van der Waals surface area contributed by atoms with Crippen molar-refractivity contribution in [2.75, 3.05) is 41.9 Å². The zero-order valence-corrected chi connectivity index (χ0v) is 29.2. The minimum atomic E-state index is -3.72. The number of likely N-dealkylation sites (tertiary alicyclic amines) is 1. The lowest BCUT2D eigenvalue weighted by Crippen LogP contribution is -2.38. The molecule has 12 nitrogen and oxygen atoms in total. The SMILES string of the molecule is CCOc1cc([C@@H](Nc2ccc3c(N)nccc3c2)C(=O)N2CCC[C@@H]2c2cc(N(C)C(=O)O)ccc2S(=O)(=O)CC)ccc1OC(C)C. The van der Waals surface area contributed by atoms with Crippen molar-refractivity contribution in [3.63, 3.8) is 0 Å². The van der Waals surface area contributed by atoms with Gasteiger partial charge in [-0.05, 0) is 105 Å². The fourth-order valence-electron chi connectivity index (χ4n) is 6.14. The fourth-order valence-corrected chi connectivity index (χ4v) is 7.28. The number of fused-ring (bicyclic) bond motifs is 1. The van der Waals surface area contributed by atoms with Gasteiger partial charge in [-0.3, -0.25) is 9.69 Å². The van der Waals surface area contributed by atoms with Crippen LogP contribution >= 0.6 is 0 Å². The number of rotatable bonds is 12. The number of ether oxygens (including phenoxy) is 2. The predicted octanol–water partition coefficient (Wildman–Crippen LogP) is 6.43. The molecule has 3 aromatic carbocycles. The van der Waals surface area contributed by atoms with Gasteiger partial charge >= 0.3 is 6.09 Å². The summed E-state index contributed by atoms with van der Waals surface area (Å²) in [6.07, 6.45) is 1.46. The Balaban J connectivity index is 1.62. The van der Waals surface area contributed by atoms with Gasteiger partial charge < -0.3 is 30.5 Å². The van der Waals surface area contributed by atoms with Crippen LogP contribution < -0.4 is 25.4 Å². The Labute approximate surface area is 286 Å². The first-order valence-electron chi connectivity index (χ1n) is 16.3. The fraction of sp³-hybridized carbons (Fsp3) is 0.361. The Hall–Kier alpha value is -5.04. The second-order valence-electron chi connectivity index (χ2n) is 12.2. The zero-order valence-electron chi connectivity index (χ0n) is 28.3. The maximum absolute atomic E-state index is 14.8. The molecule has 260 valence electrons. The molecule has 2 atom stereocenters. The summed E-state index contributed by atoms with van der Waals surface area (Å²) in [6, 6.07) is 15.8. The van der Waals surface area contributed by atoms with Crippen molar-refractivity contribution in [3.05, 3.63) is 78.0 Å². The van der Waals surface area contributed by atoms with Gasteiger partial charge in [0.15, 0.2) is 21.3 Å². The quantitative estimate of drug-likeness (QED) is 0.151. The van der Waals surface area contributed by atoms with Crippen LogP contribution in [0.2, 0.25) is 0 Å². The van der Waals surface area contributed by atoms with E-state index in [0.29, 0.717) is 65.8 Å². The molecule has 0 bridgehead atoms. The van der Waals surface area contributed by atoms with Gasteiger partial charge in [0.05, 0.1) is 29.4 Å². The number of nitrogens with zero attached hydrogens (tertiary/aromatic N) is 3. The van der Waals surface area contributed by atoms with Crippen molar-refractivity contribution in [2.24, 2.45) is 0 Å². The molecular weight excluding hydrogens is 646 g/mol. The monoisotopic (exact) mass is 689 g/mol. The maximum atomic E-state index is 14.8. The minimum Gasteiger partial charge on any atom is -0.490 e. The molecular formula is C36H43N5O7S. The molecule has 0 spiro atoms. The van der Waals surface area contributed by atoms with Crippen molar-refractivity contribution < 1.29 is 32.6 Å². The van der Waals surface area contributed by atoms with E-state index in [1.54, 1.807) is 36.2 Å². The number of hydrogen-bond donors (Lipinski definition) is 3. The maximum Gasteiger partial charge on any atom is 0.411 e. The largest absolute Gasteiger partial charge is 0.490 e. The first-order chi connectivity index (χ1) is 23.3. The van der Waals surface area contributed by atoms with Gasteiger partial charge in [-0.2, -0.15) is 0 Å². The van der Waals surface area contributed by atoms with Gasteiger partial charge in [-0.1, -0.05) is 13.0 Å². The summed E-state index contributed by atoms with van der Waals surface area (Å²) in [5.41, 5.74) is 8.07. The molecule has 13 heteroatoms. The van der Waals surface area contributed by atoms with E-state index in [2.05, 4.69) is 10.3 Å². The molecule has 1 aliphatic heterocycles. The Bertz CT molecular complexity index is 1970. The summed E-state index contributed by atoms with van der Waals surface area (Å²) in [4.78, 5) is 33.6. The normalized spacial score (nSPS) is 15.3. The smallest absolute Gasteiger partial charge is 0.411 e. The van der Waals surface area contributed by atoms with Gasteiger partial charge in [0.2, 0.25) is 5.91 Å². The number of carbonyl (C=O) groups is 2. The third-order valence-corrected chi connectivity index (χ3v) is 10.4. The van der Waals surface area contributed by atoms with Crippen LogP contribution in [0.3, 0.4) is 0 Å². The van der Waals surface area contributed by atoms with Crippen LogP contribution in [-0.2, 0) is 14.6 Å².